The molecule has 1 fully saturated rings. The summed E-state index contributed by atoms with van der Waals surface area (Å²) in [5.74, 6) is 0.601. The summed E-state index contributed by atoms with van der Waals surface area (Å²) < 4.78 is 13.8. The number of aliphatic imine (C=N–C) groups is 1. The zero-order valence-corrected chi connectivity index (χ0v) is 20.1. The SMILES string of the molecule is CCN1CCN(CCCCNC(=NC)NC(C)c2ccc(C)c(F)c2)CC1.I. The molecule has 1 aromatic rings. The van der Waals surface area contributed by atoms with Gasteiger partial charge in [0, 0.05) is 39.8 Å². The molecule has 1 aromatic carbocycles. The Morgan fingerprint density at radius 2 is 1.86 bits per heavy atom. The third-order valence-corrected chi connectivity index (χ3v) is 5.38. The molecule has 0 saturated carbocycles. The highest BCUT2D eigenvalue weighted by Crippen LogP contribution is 2.16. The molecule has 0 radical (unpaired) electrons. The lowest BCUT2D eigenvalue weighted by Crippen LogP contribution is -2.46. The van der Waals surface area contributed by atoms with E-state index >= 15 is 0 Å². The Kier molecular flexibility index (Phi) is 11.9. The van der Waals surface area contributed by atoms with Crippen molar-refractivity contribution in [3.8, 4) is 0 Å². The normalized spacial score (nSPS) is 17.1. The summed E-state index contributed by atoms with van der Waals surface area (Å²) in [6.45, 7) is 14.0. The van der Waals surface area contributed by atoms with E-state index in [0.717, 1.165) is 31.0 Å². The molecule has 160 valence electrons. The van der Waals surface area contributed by atoms with Crippen LogP contribution in [0.1, 0.15) is 43.9 Å². The first-order valence-electron chi connectivity index (χ1n) is 10.2. The molecule has 1 heterocycles. The Labute approximate surface area is 187 Å². The van der Waals surface area contributed by atoms with Gasteiger partial charge in [-0.15, -0.1) is 24.0 Å². The van der Waals surface area contributed by atoms with E-state index in [0.29, 0.717) is 5.56 Å². The van der Waals surface area contributed by atoms with Gasteiger partial charge in [0.15, 0.2) is 5.96 Å². The number of rotatable bonds is 8. The first-order chi connectivity index (χ1) is 13.0. The Hall–Kier alpha value is -0.930. The molecule has 0 bridgehead atoms. The van der Waals surface area contributed by atoms with Crippen molar-refractivity contribution in [2.75, 3.05) is 52.9 Å². The maximum atomic E-state index is 13.8. The summed E-state index contributed by atoms with van der Waals surface area (Å²) in [5.41, 5.74) is 1.59. The van der Waals surface area contributed by atoms with E-state index in [1.165, 1.54) is 39.1 Å². The average molecular weight is 505 g/mol. The molecule has 0 aliphatic carbocycles. The van der Waals surface area contributed by atoms with Crippen molar-refractivity contribution in [2.24, 2.45) is 4.99 Å². The number of hydrogen-bond donors (Lipinski definition) is 2. The summed E-state index contributed by atoms with van der Waals surface area (Å²) in [6, 6.07) is 5.38. The highest BCUT2D eigenvalue weighted by Gasteiger charge is 2.14. The number of hydrogen-bond acceptors (Lipinski definition) is 3. The second-order valence-electron chi connectivity index (χ2n) is 7.36. The van der Waals surface area contributed by atoms with Gasteiger partial charge in [-0.1, -0.05) is 19.1 Å². The lowest BCUT2D eigenvalue weighted by Gasteiger charge is -2.34. The highest BCUT2D eigenvalue weighted by atomic mass is 127. The third-order valence-electron chi connectivity index (χ3n) is 5.38. The third kappa shape index (κ3) is 8.21. The van der Waals surface area contributed by atoms with Crippen molar-refractivity contribution >= 4 is 29.9 Å². The van der Waals surface area contributed by atoms with Crippen molar-refractivity contribution in [1.82, 2.24) is 20.4 Å². The smallest absolute Gasteiger partial charge is 0.191 e. The molecule has 2 rings (SSSR count). The molecule has 1 atom stereocenters. The van der Waals surface area contributed by atoms with Crippen LogP contribution in [0.5, 0.6) is 0 Å². The van der Waals surface area contributed by atoms with E-state index in [2.05, 4.69) is 32.3 Å². The summed E-state index contributed by atoms with van der Waals surface area (Å²) in [5, 5.41) is 6.71. The van der Waals surface area contributed by atoms with Gasteiger partial charge in [0.25, 0.3) is 0 Å². The zero-order valence-electron chi connectivity index (χ0n) is 17.8. The van der Waals surface area contributed by atoms with Crippen LogP contribution in [0.25, 0.3) is 0 Å². The predicted octanol–water partition coefficient (Wildman–Crippen LogP) is 3.40. The minimum absolute atomic E-state index is 0. The Morgan fingerprint density at radius 3 is 2.46 bits per heavy atom. The number of guanidine groups is 1. The van der Waals surface area contributed by atoms with Gasteiger partial charge in [-0.3, -0.25) is 4.99 Å². The molecule has 7 heteroatoms. The Bertz CT molecular complexity index is 602. The van der Waals surface area contributed by atoms with Crippen LogP contribution in [0.3, 0.4) is 0 Å². The Balaban J connectivity index is 0.00000392. The molecular formula is C21H37FIN5. The summed E-state index contributed by atoms with van der Waals surface area (Å²) in [7, 11) is 1.77. The van der Waals surface area contributed by atoms with Gasteiger partial charge >= 0.3 is 0 Å². The topological polar surface area (TPSA) is 42.9 Å². The lowest BCUT2D eigenvalue weighted by molar-refractivity contribution is 0.136. The van der Waals surface area contributed by atoms with Crippen molar-refractivity contribution in [3.63, 3.8) is 0 Å². The lowest BCUT2D eigenvalue weighted by atomic mass is 10.1. The first kappa shape index (κ1) is 25.1. The molecular weight excluding hydrogens is 468 g/mol. The molecule has 2 N–H and O–H groups in total. The fraction of sp³-hybridized carbons (Fsp3) is 0.667. The largest absolute Gasteiger partial charge is 0.356 e. The maximum absolute atomic E-state index is 13.8. The van der Waals surface area contributed by atoms with E-state index in [-0.39, 0.29) is 35.8 Å². The second kappa shape index (κ2) is 13.3. The van der Waals surface area contributed by atoms with Crippen LogP contribution in [0, 0.1) is 12.7 Å². The number of halogens is 2. The van der Waals surface area contributed by atoms with Crippen LogP contribution < -0.4 is 10.6 Å². The fourth-order valence-corrected chi connectivity index (χ4v) is 3.36. The minimum Gasteiger partial charge on any atom is -0.356 e. The van der Waals surface area contributed by atoms with Crippen LogP contribution in [-0.4, -0.2) is 68.6 Å². The van der Waals surface area contributed by atoms with E-state index in [1.54, 1.807) is 20.0 Å². The molecule has 1 aliphatic rings. The fourth-order valence-electron chi connectivity index (χ4n) is 3.36. The van der Waals surface area contributed by atoms with Crippen LogP contribution in [-0.2, 0) is 0 Å². The standard InChI is InChI=1S/C21H36FN5.HI/c1-5-26-12-14-27(15-13-26)11-7-6-10-24-21(23-4)25-18(3)19-9-8-17(2)20(22)16-19;/h8-9,16,18H,5-7,10-15H2,1-4H3,(H2,23,24,25);1H. The average Bonchev–Trinajstić information content (AvgIpc) is 2.69. The van der Waals surface area contributed by atoms with E-state index in [1.807, 2.05) is 19.1 Å². The molecule has 0 spiro atoms. The Morgan fingerprint density at radius 1 is 1.18 bits per heavy atom. The van der Waals surface area contributed by atoms with Crippen molar-refractivity contribution in [1.29, 1.82) is 0 Å². The van der Waals surface area contributed by atoms with Crippen LogP contribution >= 0.6 is 24.0 Å². The molecule has 1 unspecified atom stereocenters. The number of aryl methyl sites for hydroxylation is 1. The van der Waals surface area contributed by atoms with Crippen LogP contribution in [0.15, 0.2) is 23.2 Å². The summed E-state index contributed by atoms with van der Waals surface area (Å²) >= 11 is 0. The minimum atomic E-state index is -0.163. The number of likely N-dealkylation sites (N-methyl/N-ethyl adjacent to an activating group) is 1. The van der Waals surface area contributed by atoms with Gasteiger partial charge in [0.2, 0.25) is 0 Å². The van der Waals surface area contributed by atoms with Gasteiger partial charge in [-0.25, -0.2) is 4.39 Å². The van der Waals surface area contributed by atoms with Crippen LogP contribution in [0.4, 0.5) is 4.39 Å². The van der Waals surface area contributed by atoms with Gasteiger partial charge < -0.3 is 20.4 Å². The number of nitrogens with one attached hydrogen (secondary N) is 2. The molecule has 1 saturated heterocycles. The predicted molar refractivity (Wildman–Crippen MR) is 127 cm³/mol. The maximum Gasteiger partial charge on any atom is 0.191 e. The zero-order chi connectivity index (χ0) is 19.6. The number of nitrogens with zero attached hydrogens (tertiary/aromatic N) is 3. The van der Waals surface area contributed by atoms with E-state index in [4.69, 9.17) is 0 Å². The highest BCUT2D eigenvalue weighted by molar-refractivity contribution is 14.0. The van der Waals surface area contributed by atoms with Crippen molar-refractivity contribution < 1.29 is 4.39 Å². The van der Waals surface area contributed by atoms with Gasteiger partial charge in [0.05, 0.1) is 6.04 Å². The number of benzene rings is 1. The quantitative estimate of drug-likeness (QED) is 0.246. The first-order valence-corrected chi connectivity index (χ1v) is 10.2. The monoisotopic (exact) mass is 505 g/mol. The molecule has 1 aliphatic heterocycles. The summed E-state index contributed by atoms with van der Waals surface area (Å²) in [4.78, 5) is 9.35. The summed E-state index contributed by atoms with van der Waals surface area (Å²) in [6.07, 6.45) is 2.30. The molecule has 28 heavy (non-hydrogen) atoms. The molecule has 0 aromatic heterocycles. The van der Waals surface area contributed by atoms with Crippen LogP contribution in [0.2, 0.25) is 0 Å². The van der Waals surface area contributed by atoms with Gasteiger partial charge in [-0.2, -0.15) is 0 Å². The van der Waals surface area contributed by atoms with Gasteiger partial charge in [0.1, 0.15) is 5.82 Å². The molecule has 5 nitrogen and oxygen atoms in total. The van der Waals surface area contributed by atoms with Crippen molar-refractivity contribution in [3.05, 3.63) is 35.1 Å². The second-order valence-corrected chi connectivity index (χ2v) is 7.36. The number of piperazine rings is 1. The van der Waals surface area contributed by atoms with E-state index < -0.39 is 0 Å². The van der Waals surface area contributed by atoms with Crippen molar-refractivity contribution in [2.45, 2.75) is 39.7 Å². The van der Waals surface area contributed by atoms with Gasteiger partial charge in [-0.05, 0) is 57.0 Å². The number of unbranched alkanes of at least 4 members (excludes halogenated alkanes) is 1. The molecule has 0 amide bonds. The van der Waals surface area contributed by atoms with E-state index in [9.17, 15) is 4.39 Å².